The Morgan fingerprint density at radius 3 is 1.74 bits per heavy atom. The van der Waals surface area contributed by atoms with E-state index in [4.69, 9.17) is 10.8 Å². The average molecular weight is 440 g/mol. The zero-order valence-electron chi connectivity index (χ0n) is 21.9. The van der Waals surface area contributed by atoms with Crippen LogP contribution in [-0.4, -0.2) is 16.6 Å². The fraction of sp³-hybridized carbons (Fsp3) is 0.893. The van der Waals surface area contributed by atoms with Gasteiger partial charge < -0.3 is 10.8 Å². The van der Waals surface area contributed by atoms with Gasteiger partial charge in [0.15, 0.2) is 0 Å². The highest BCUT2D eigenvalue weighted by Crippen LogP contribution is 2.33. The molecule has 0 bridgehead atoms. The van der Waals surface area contributed by atoms with Crippen molar-refractivity contribution >= 4 is 5.97 Å². The summed E-state index contributed by atoms with van der Waals surface area (Å²) in [4.78, 5) is 10.1. The van der Waals surface area contributed by atoms with Crippen LogP contribution >= 0.6 is 0 Å². The Morgan fingerprint density at radius 2 is 1.26 bits per heavy atom. The van der Waals surface area contributed by atoms with Gasteiger partial charge in [-0.15, -0.1) is 0 Å². The van der Waals surface area contributed by atoms with Crippen molar-refractivity contribution in [2.75, 3.05) is 0 Å². The minimum atomic E-state index is -0.842. The molecule has 0 aliphatic heterocycles. The number of carbonyl (C=O) groups is 1. The van der Waals surface area contributed by atoms with Gasteiger partial charge in [-0.25, -0.2) is 4.79 Å². The summed E-state index contributed by atoms with van der Waals surface area (Å²) in [5.74, 6) is -0.0924. The number of unbranched alkanes of at least 4 members (excludes halogenated alkanes) is 9. The quantitative estimate of drug-likeness (QED) is 0.147. The molecule has 1 unspecified atom stereocenters. The maximum atomic E-state index is 10.1. The molecule has 3 heteroatoms. The highest BCUT2D eigenvalue weighted by molar-refractivity contribution is 5.79. The van der Waals surface area contributed by atoms with Crippen molar-refractivity contribution in [3.05, 3.63) is 12.2 Å². The van der Waals surface area contributed by atoms with Gasteiger partial charge in [0.25, 0.3) is 0 Å². The maximum absolute atomic E-state index is 10.1. The molecule has 0 aliphatic carbocycles. The van der Waals surface area contributed by atoms with Crippen LogP contribution in [0.5, 0.6) is 0 Å². The summed E-state index contributed by atoms with van der Waals surface area (Å²) in [6.07, 6.45) is 25.7. The number of nitrogens with two attached hydrogens (primary N) is 1. The first-order valence-corrected chi connectivity index (χ1v) is 13.6. The van der Waals surface area contributed by atoms with Gasteiger partial charge in [-0.05, 0) is 44.4 Å². The van der Waals surface area contributed by atoms with Crippen molar-refractivity contribution in [3.63, 3.8) is 0 Å². The van der Waals surface area contributed by atoms with Crippen LogP contribution in [0.2, 0.25) is 0 Å². The first-order valence-electron chi connectivity index (χ1n) is 13.6. The van der Waals surface area contributed by atoms with Crippen LogP contribution in [0.25, 0.3) is 0 Å². The summed E-state index contributed by atoms with van der Waals surface area (Å²) < 4.78 is 0. The van der Waals surface area contributed by atoms with E-state index in [1.807, 2.05) is 0 Å². The van der Waals surface area contributed by atoms with Crippen molar-refractivity contribution in [2.45, 2.75) is 156 Å². The molecule has 3 N–H and O–H groups in total. The molecule has 0 aromatic rings. The Bertz CT molecular complexity index is 400. The van der Waals surface area contributed by atoms with Gasteiger partial charge in [-0.2, -0.15) is 0 Å². The third-order valence-electron chi connectivity index (χ3n) is 6.27. The average Bonchev–Trinajstić information content (AvgIpc) is 2.73. The van der Waals surface area contributed by atoms with Crippen molar-refractivity contribution < 1.29 is 9.90 Å². The van der Waals surface area contributed by atoms with Crippen molar-refractivity contribution in [1.29, 1.82) is 0 Å². The molecule has 0 fully saturated rings. The Hall–Kier alpha value is -0.830. The minimum Gasteiger partial charge on any atom is -0.478 e. The molecule has 1 atom stereocenters. The molecule has 0 saturated carbocycles. The van der Waals surface area contributed by atoms with Gasteiger partial charge in [-0.3, -0.25) is 0 Å². The smallest absolute Gasteiger partial charge is 0.327 e. The molecule has 3 nitrogen and oxygen atoms in total. The fourth-order valence-corrected chi connectivity index (χ4v) is 4.58. The highest BCUT2D eigenvalue weighted by atomic mass is 16.4. The van der Waals surface area contributed by atoms with Crippen LogP contribution in [0.3, 0.4) is 0 Å². The lowest BCUT2D eigenvalue weighted by Gasteiger charge is -2.38. The first-order chi connectivity index (χ1) is 14.9. The number of carboxylic acids is 1. The van der Waals surface area contributed by atoms with E-state index in [-0.39, 0.29) is 5.54 Å². The van der Waals surface area contributed by atoms with Gasteiger partial charge >= 0.3 is 5.97 Å². The number of hydrogen-bond donors (Lipinski definition) is 2. The summed E-state index contributed by atoms with van der Waals surface area (Å²) in [5.41, 5.74) is 6.88. The minimum absolute atomic E-state index is 0.117. The van der Waals surface area contributed by atoms with E-state index in [1.54, 1.807) is 6.08 Å². The molecular weight excluding hydrogens is 382 g/mol. The lowest BCUT2D eigenvalue weighted by molar-refractivity contribution is -0.131. The topological polar surface area (TPSA) is 63.3 Å². The first kappa shape index (κ1) is 32.4. The lowest BCUT2D eigenvalue weighted by atomic mass is 9.73. The van der Waals surface area contributed by atoms with E-state index in [2.05, 4.69) is 34.6 Å². The summed E-state index contributed by atoms with van der Waals surface area (Å²) in [6.45, 7) is 11.3. The molecule has 31 heavy (non-hydrogen) atoms. The van der Waals surface area contributed by atoms with E-state index in [0.29, 0.717) is 0 Å². The van der Waals surface area contributed by atoms with Crippen LogP contribution in [0, 0.1) is 5.92 Å². The number of hydrogen-bond acceptors (Lipinski definition) is 2. The van der Waals surface area contributed by atoms with Crippen molar-refractivity contribution in [3.8, 4) is 0 Å². The molecule has 0 rings (SSSR count). The molecular formula is C28H57NO2. The monoisotopic (exact) mass is 439 g/mol. The second-order valence-electron chi connectivity index (χ2n) is 9.37. The van der Waals surface area contributed by atoms with Crippen LogP contribution < -0.4 is 5.73 Å². The van der Waals surface area contributed by atoms with Gasteiger partial charge in [-0.1, -0.05) is 118 Å². The van der Waals surface area contributed by atoms with E-state index in [1.165, 1.54) is 109 Å². The summed E-state index contributed by atoms with van der Waals surface area (Å²) in [7, 11) is 0. The van der Waals surface area contributed by atoms with Crippen molar-refractivity contribution in [1.82, 2.24) is 0 Å². The number of carboxylic acid groups (broad SMARTS) is 1. The molecule has 0 heterocycles. The lowest BCUT2D eigenvalue weighted by Crippen LogP contribution is -2.47. The summed E-state index contributed by atoms with van der Waals surface area (Å²) >= 11 is 0. The van der Waals surface area contributed by atoms with E-state index >= 15 is 0 Å². The zero-order chi connectivity index (χ0) is 23.8. The van der Waals surface area contributed by atoms with Crippen LogP contribution in [-0.2, 0) is 4.79 Å². The second kappa shape index (κ2) is 23.8. The standard InChI is InChI=1S/C17H37N.C11H20O2/c1-5-9-10-11-13-16(12-6-2)17(18,14-7-3)15-8-4;1-2-3-4-5-6-7-8-9-10-11(12)13/h16H,5-15,18H2,1-4H3;9-10H,2-8H2,1H3,(H,12,13). The predicted molar refractivity (Wildman–Crippen MR) is 139 cm³/mol. The van der Waals surface area contributed by atoms with Crippen LogP contribution in [0.15, 0.2) is 12.2 Å². The molecule has 0 aromatic carbocycles. The van der Waals surface area contributed by atoms with Gasteiger partial charge in [0, 0.05) is 11.6 Å². The van der Waals surface area contributed by atoms with Crippen LogP contribution in [0.1, 0.15) is 150 Å². The normalized spacial score (nSPS) is 12.6. The Balaban J connectivity index is 0. The molecule has 0 aliphatic rings. The summed E-state index contributed by atoms with van der Waals surface area (Å²) in [6, 6.07) is 0. The number of aliphatic carboxylic acids is 1. The summed E-state index contributed by atoms with van der Waals surface area (Å²) in [5, 5.41) is 8.30. The van der Waals surface area contributed by atoms with E-state index in [0.717, 1.165) is 18.8 Å². The molecule has 0 radical (unpaired) electrons. The highest BCUT2D eigenvalue weighted by Gasteiger charge is 2.31. The number of rotatable bonds is 20. The zero-order valence-corrected chi connectivity index (χ0v) is 21.9. The van der Waals surface area contributed by atoms with Gasteiger partial charge in [0.1, 0.15) is 0 Å². The molecule has 0 aromatic heterocycles. The van der Waals surface area contributed by atoms with Gasteiger partial charge in [0.05, 0.1) is 0 Å². The largest absolute Gasteiger partial charge is 0.478 e. The van der Waals surface area contributed by atoms with Gasteiger partial charge in [0.2, 0.25) is 0 Å². The SMILES string of the molecule is CCCCCCC(CCC)C(N)(CCC)CCC.CCCCCCCCC=CC(=O)O. The predicted octanol–water partition coefficient (Wildman–Crippen LogP) is 9.05. The van der Waals surface area contributed by atoms with E-state index < -0.39 is 5.97 Å². The molecule has 0 saturated heterocycles. The second-order valence-corrected chi connectivity index (χ2v) is 9.37. The third-order valence-corrected chi connectivity index (χ3v) is 6.27. The fourth-order valence-electron chi connectivity index (χ4n) is 4.58. The van der Waals surface area contributed by atoms with E-state index in [9.17, 15) is 4.79 Å². The molecule has 0 spiro atoms. The maximum Gasteiger partial charge on any atom is 0.327 e. The molecule has 186 valence electrons. The van der Waals surface area contributed by atoms with Crippen molar-refractivity contribution in [2.24, 2.45) is 11.7 Å². The number of allylic oxidation sites excluding steroid dienone is 1. The molecule has 0 amide bonds. The Morgan fingerprint density at radius 1 is 0.742 bits per heavy atom. The third kappa shape index (κ3) is 20.8. The Labute approximate surface area is 195 Å². The van der Waals surface area contributed by atoms with Crippen LogP contribution in [0.4, 0.5) is 0 Å². The Kier molecular flexibility index (Phi) is 24.9.